The molecule has 2 aromatic rings. The third-order valence-electron chi connectivity index (χ3n) is 5.87. The SMILES string of the molecule is COc1ccc(CN2CC3C(C2)N(C(C)C)S(=O)(=O)c2cccnc2N3C)cc1. The Balaban J connectivity index is 1.67. The van der Waals surface area contributed by atoms with Gasteiger partial charge in [0.2, 0.25) is 10.0 Å². The van der Waals surface area contributed by atoms with Gasteiger partial charge in [0.15, 0.2) is 0 Å². The lowest BCUT2D eigenvalue weighted by Gasteiger charge is -2.34. The van der Waals surface area contributed by atoms with Crippen LogP contribution in [-0.2, 0) is 16.6 Å². The molecule has 0 aliphatic carbocycles. The molecule has 4 rings (SSSR count). The van der Waals surface area contributed by atoms with Crippen molar-refractivity contribution in [2.24, 2.45) is 0 Å². The molecular weight excluding hydrogens is 388 g/mol. The molecule has 0 saturated carbocycles. The summed E-state index contributed by atoms with van der Waals surface area (Å²) < 4.78 is 34.0. The number of anilines is 1. The van der Waals surface area contributed by atoms with E-state index in [1.807, 2.05) is 37.9 Å². The van der Waals surface area contributed by atoms with Crippen molar-refractivity contribution in [3.8, 4) is 5.75 Å². The van der Waals surface area contributed by atoms with Gasteiger partial charge < -0.3 is 9.64 Å². The second kappa shape index (κ2) is 7.59. The number of ether oxygens (including phenoxy) is 1. The Kier molecular flexibility index (Phi) is 5.27. The van der Waals surface area contributed by atoms with Crippen LogP contribution in [0.15, 0.2) is 47.5 Å². The van der Waals surface area contributed by atoms with Crippen LogP contribution >= 0.6 is 0 Å². The zero-order chi connectivity index (χ0) is 20.8. The predicted molar refractivity (Wildman–Crippen MR) is 113 cm³/mol. The van der Waals surface area contributed by atoms with Gasteiger partial charge in [0.25, 0.3) is 0 Å². The molecule has 2 aliphatic rings. The molecule has 29 heavy (non-hydrogen) atoms. The number of rotatable bonds is 4. The first kappa shape index (κ1) is 20.1. The molecule has 1 saturated heterocycles. The van der Waals surface area contributed by atoms with Gasteiger partial charge >= 0.3 is 0 Å². The standard InChI is InChI=1S/C21H28N4O3S/c1-15(2)25-19-14-24(12-16-7-9-17(28-4)10-8-16)13-18(19)23(3)21-20(29(25,26)27)6-5-11-22-21/h5-11,15,18-19H,12-14H2,1-4H3. The highest BCUT2D eigenvalue weighted by molar-refractivity contribution is 7.89. The Labute approximate surface area is 172 Å². The van der Waals surface area contributed by atoms with Gasteiger partial charge in [-0.3, -0.25) is 4.90 Å². The van der Waals surface area contributed by atoms with Crippen LogP contribution in [0.3, 0.4) is 0 Å². The van der Waals surface area contributed by atoms with Gasteiger partial charge in [0.1, 0.15) is 16.5 Å². The Morgan fingerprint density at radius 1 is 1.14 bits per heavy atom. The topological polar surface area (TPSA) is 66.0 Å². The first-order chi connectivity index (χ1) is 13.8. The monoisotopic (exact) mass is 416 g/mol. The van der Waals surface area contributed by atoms with Crippen molar-refractivity contribution in [2.45, 2.75) is 43.4 Å². The predicted octanol–water partition coefficient (Wildman–Crippen LogP) is 2.19. The van der Waals surface area contributed by atoms with E-state index in [0.29, 0.717) is 17.3 Å². The van der Waals surface area contributed by atoms with Crippen LogP contribution in [0.5, 0.6) is 5.75 Å². The van der Waals surface area contributed by atoms with Crippen LogP contribution in [0, 0.1) is 0 Å². The molecule has 2 atom stereocenters. The molecule has 156 valence electrons. The summed E-state index contributed by atoms with van der Waals surface area (Å²) in [6.07, 6.45) is 1.66. The van der Waals surface area contributed by atoms with E-state index >= 15 is 0 Å². The molecule has 8 heteroatoms. The number of methoxy groups -OCH3 is 1. The number of fused-ring (bicyclic) bond motifs is 2. The Hall–Kier alpha value is -2.16. The van der Waals surface area contributed by atoms with E-state index in [2.05, 4.69) is 22.0 Å². The molecule has 0 N–H and O–H groups in total. The summed E-state index contributed by atoms with van der Waals surface area (Å²) in [6.45, 7) is 6.13. The molecule has 2 aliphatic heterocycles. The zero-order valence-electron chi connectivity index (χ0n) is 17.3. The summed E-state index contributed by atoms with van der Waals surface area (Å²) >= 11 is 0. The molecule has 2 unspecified atom stereocenters. The maximum absolute atomic E-state index is 13.5. The lowest BCUT2D eigenvalue weighted by Crippen LogP contribution is -2.52. The van der Waals surface area contributed by atoms with E-state index in [0.717, 1.165) is 18.8 Å². The van der Waals surface area contributed by atoms with Crippen molar-refractivity contribution >= 4 is 15.8 Å². The van der Waals surface area contributed by atoms with Gasteiger partial charge in [0, 0.05) is 38.9 Å². The first-order valence-corrected chi connectivity index (χ1v) is 11.3. The van der Waals surface area contributed by atoms with E-state index in [-0.39, 0.29) is 18.1 Å². The van der Waals surface area contributed by atoms with Gasteiger partial charge in [-0.1, -0.05) is 12.1 Å². The molecule has 1 aromatic heterocycles. The van der Waals surface area contributed by atoms with Gasteiger partial charge in [-0.2, -0.15) is 4.31 Å². The van der Waals surface area contributed by atoms with Crippen LogP contribution in [0.4, 0.5) is 5.82 Å². The van der Waals surface area contributed by atoms with E-state index in [1.54, 1.807) is 29.7 Å². The van der Waals surface area contributed by atoms with Crippen LogP contribution < -0.4 is 9.64 Å². The van der Waals surface area contributed by atoms with Crippen LogP contribution in [0.25, 0.3) is 0 Å². The maximum atomic E-state index is 13.5. The highest BCUT2D eigenvalue weighted by atomic mass is 32.2. The average molecular weight is 417 g/mol. The molecule has 1 aromatic carbocycles. The number of likely N-dealkylation sites (tertiary alicyclic amines) is 1. The minimum atomic E-state index is -3.62. The Bertz CT molecular complexity index is 978. The summed E-state index contributed by atoms with van der Waals surface area (Å²) in [4.78, 5) is 9.10. The van der Waals surface area contributed by atoms with Crippen molar-refractivity contribution in [2.75, 3.05) is 32.1 Å². The van der Waals surface area contributed by atoms with Gasteiger partial charge in [-0.25, -0.2) is 13.4 Å². The number of hydrogen-bond donors (Lipinski definition) is 0. The maximum Gasteiger partial charge on any atom is 0.247 e. The molecule has 7 nitrogen and oxygen atoms in total. The second-order valence-electron chi connectivity index (χ2n) is 8.04. The van der Waals surface area contributed by atoms with Crippen molar-refractivity contribution in [3.63, 3.8) is 0 Å². The number of benzene rings is 1. The van der Waals surface area contributed by atoms with Gasteiger partial charge in [0.05, 0.1) is 19.2 Å². The lowest BCUT2D eigenvalue weighted by atomic mass is 10.1. The largest absolute Gasteiger partial charge is 0.497 e. The number of likely N-dealkylation sites (N-methyl/N-ethyl adjacent to an activating group) is 1. The number of aromatic nitrogens is 1. The third kappa shape index (κ3) is 3.49. The van der Waals surface area contributed by atoms with Crippen molar-refractivity contribution in [1.82, 2.24) is 14.2 Å². The van der Waals surface area contributed by atoms with Gasteiger partial charge in [-0.15, -0.1) is 0 Å². The quantitative estimate of drug-likeness (QED) is 0.761. The summed E-state index contributed by atoms with van der Waals surface area (Å²) in [6, 6.07) is 11.2. The number of sulfonamides is 1. The summed E-state index contributed by atoms with van der Waals surface area (Å²) in [5, 5.41) is 0. The zero-order valence-corrected chi connectivity index (χ0v) is 18.1. The fourth-order valence-corrected chi connectivity index (χ4v) is 6.58. The van der Waals surface area contributed by atoms with Crippen LogP contribution in [0.1, 0.15) is 19.4 Å². The normalized spacial score (nSPS) is 24.2. The fraction of sp³-hybridized carbons (Fsp3) is 0.476. The number of hydrogen-bond acceptors (Lipinski definition) is 6. The molecular formula is C21H28N4O3S. The van der Waals surface area contributed by atoms with Crippen molar-refractivity contribution in [1.29, 1.82) is 0 Å². The summed E-state index contributed by atoms with van der Waals surface area (Å²) in [7, 11) is -0.00840. The highest BCUT2D eigenvalue weighted by Crippen LogP contribution is 2.37. The average Bonchev–Trinajstić information content (AvgIpc) is 3.07. The molecule has 0 radical (unpaired) electrons. The van der Waals surface area contributed by atoms with Crippen LogP contribution in [0.2, 0.25) is 0 Å². The molecule has 3 heterocycles. The minimum absolute atomic E-state index is 0.0431. The molecule has 0 amide bonds. The minimum Gasteiger partial charge on any atom is -0.497 e. The lowest BCUT2D eigenvalue weighted by molar-refractivity contribution is 0.249. The first-order valence-electron chi connectivity index (χ1n) is 9.89. The Morgan fingerprint density at radius 2 is 1.83 bits per heavy atom. The van der Waals surface area contributed by atoms with E-state index in [1.165, 1.54) is 5.56 Å². The van der Waals surface area contributed by atoms with E-state index in [4.69, 9.17) is 4.74 Å². The van der Waals surface area contributed by atoms with Gasteiger partial charge in [-0.05, 0) is 43.7 Å². The van der Waals surface area contributed by atoms with E-state index < -0.39 is 10.0 Å². The van der Waals surface area contributed by atoms with Crippen LogP contribution in [-0.4, -0.2) is 68.0 Å². The number of nitrogens with zero attached hydrogens (tertiary/aromatic N) is 4. The fourth-order valence-electron chi connectivity index (χ4n) is 4.55. The summed E-state index contributed by atoms with van der Waals surface area (Å²) in [5.41, 5.74) is 1.18. The van der Waals surface area contributed by atoms with Crippen molar-refractivity contribution < 1.29 is 13.2 Å². The molecule has 1 fully saturated rings. The second-order valence-corrected chi connectivity index (χ2v) is 9.85. The number of pyridine rings is 1. The molecule has 0 spiro atoms. The van der Waals surface area contributed by atoms with Crippen molar-refractivity contribution in [3.05, 3.63) is 48.2 Å². The Morgan fingerprint density at radius 3 is 2.48 bits per heavy atom. The van der Waals surface area contributed by atoms with E-state index in [9.17, 15) is 8.42 Å². The highest BCUT2D eigenvalue weighted by Gasteiger charge is 2.49. The smallest absolute Gasteiger partial charge is 0.247 e. The third-order valence-corrected chi connectivity index (χ3v) is 8.00. The molecule has 0 bridgehead atoms. The summed E-state index contributed by atoms with van der Waals surface area (Å²) in [5.74, 6) is 1.37.